The van der Waals surface area contributed by atoms with E-state index >= 15 is 0 Å². The number of hydrogen-bond donors (Lipinski definition) is 0. The first-order valence-corrected chi connectivity index (χ1v) is 5.75. The molecule has 1 aromatic carbocycles. The molecule has 0 spiro atoms. The number of pyridine rings is 2. The van der Waals surface area contributed by atoms with Gasteiger partial charge in [0.2, 0.25) is 0 Å². The largest absolute Gasteiger partial charge is 0.454 e. The zero-order valence-corrected chi connectivity index (χ0v) is 9.95. The van der Waals surface area contributed by atoms with E-state index in [2.05, 4.69) is 9.97 Å². The third kappa shape index (κ3) is 2.09. The number of nitrogens with zero attached hydrogens (tertiary/aromatic N) is 3. The van der Waals surface area contributed by atoms with Crippen LogP contribution in [0.4, 0.5) is 0 Å². The molecule has 0 saturated carbocycles. The van der Waals surface area contributed by atoms with Crippen molar-refractivity contribution in [2.45, 2.75) is 0 Å². The maximum absolute atomic E-state index is 9.00. The number of nitriles is 1. The summed E-state index contributed by atoms with van der Waals surface area (Å²) in [7, 11) is 0. The van der Waals surface area contributed by atoms with Crippen LogP contribution >= 0.6 is 0 Å². The second kappa shape index (κ2) is 4.75. The zero-order chi connectivity index (χ0) is 13.1. The molecule has 90 valence electrons. The minimum atomic E-state index is 0.267. The Kier molecular flexibility index (Phi) is 2.79. The predicted molar refractivity (Wildman–Crippen MR) is 70.8 cm³/mol. The van der Waals surface area contributed by atoms with E-state index < -0.39 is 0 Å². The molecule has 3 rings (SSSR count). The molecular weight excluding hydrogens is 238 g/mol. The van der Waals surface area contributed by atoms with Crippen molar-refractivity contribution in [2.75, 3.05) is 0 Å². The minimum absolute atomic E-state index is 0.267. The van der Waals surface area contributed by atoms with Gasteiger partial charge in [-0.15, -0.1) is 0 Å². The molecule has 2 heterocycles. The van der Waals surface area contributed by atoms with E-state index in [0.29, 0.717) is 11.5 Å². The summed E-state index contributed by atoms with van der Waals surface area (Å²) in [6.45, 7) is 0. The van der Waals surface area contributed by atoms with E-state index in [1.807, 2.05) is 36.4 Å². The summed E-state index contributed by atoms with van der Waals surface area (Å²) in [6.07, 6.45) is 3.30. The lowest BCUT2D eigenvalue weighted by Crippen LogP contribution is -1.91. The van der Waals surface area contributed by atoms with Crippen LogP contribution in [0.2, 0.25) is 0 Å². The molecular formula is C15H9N3O. The summed E-state index contributed by atoms with van der Waals surface area (Å²) in [6, 6.07) is 14.9. The zero-order valence-electron chi connectivity index (χ0n) is 9.95. The Bertz CT molecular complexity index is 772. The van der Waals surface area contributed by atoms with Crippen LogP contribution in [0.1, 0.15) is 5.69 Å². The molecule has 0 atom stereocenters. The molecule has 4 heteroatoms. The number of fused-ring (bicyclic) bond motifs is 1. The van der Waals surface area contributed by atoms with E-state index in [-0.39, 0.29) is 5.69 Å². The molecule has 0 bridgehead atoms. The molecule has 19 heavy (non-hydrogen) atoms. The number of ether oxygens (including phenoxy) is 1. The summed E-state index contributed by atoms with van der Waals surface area (Å²) < 4.78 is 5.79. The van der Waals surface area contributed by atoms with Crippen LogP contribution in [-0.4, -0.2) is 9.97 Å². The van der Waals surface area contributed by atoms with E-state index in [1.54, 1.807) is 24.5 Å². The Morgan fingerprint density at radius 1 is 0.895 bits per heavy atom. The lowest BCUT2D eigenvalue weighted by atomic mass is 10.2. The summed E-state index contributed by atoms with van der Waals surface area (Å²) >= 11 is 0. The lowest BCUT2D eigenvalue weighted by Gasteiger charge is -2.08. The quantitative estimate of drug-likeness (QED) is 0.697. The monoisotopic (exact) mass is 247 g/mol. The van der Waals surface area contributed by atoms with Crippen molar-refractivity contribution in [3.05, 3.63) is 60.6 Å². The van der Waals surface area contributed by atoms with Gasteiger partial charge in [0, 0.05) is 17.8 Å². The fourth-order valence-corrected chi connectivity index (χ4v) is 1.84. The second-order valence-corrected chi connectivity index (χ2v) is 3.89. The van der Waals surface area contributed by atoms with Gasteiger partial charge in [0.25, 0.3) is 0 Å². The van der Waals surface area contributed by atoms with Gasteiger partial charge in [-0.05, 0) is 36.4 Å². The first kappa shape index (κ1) is 11.2. The highest BCUT2D eigenvalue weighted by Gasteiger charge is 2.07. The normalized spacial score (nSPS) is 10.1. The van der Waals surface area contributed by atoms with E-state index in [1.165, 1.54) is 0 Å². The fourth-order valence-electron chi connectivity index (χ4n) is 1.84. The molecule has 0 N–H and O–H groups in total. The van der Waals surface area contributed by atoms with Crippen molar-refractivity contribution in [1.29, 1.82) is 5.26 Å². The maximum Gasteiger partial charge on any atom is 0.183 e. The first-order valence-electron chi connectivity index (χ1n) is 5.75. The number of aromatic nitrogens is 2. The molecule has 0 unspecified atom stereocenters. The molecule has 0 aliphatic heterocycles. The summed E-state index contributed by atoms with van der Waals surface area (Å²) in [5.74, 6) is 1.11. The van der Waals surface area contributed by atoms with Crippen molar-refractivity contribution in [3.8, 4) is 17.6 Å². The van der Waals surface area contributed by atoms with E-state index in [9.17, 15) is 0 Å². The molecule has 0 fully saturated rings. The predicted octanol–water partition coefficient (Wildman–Crippen LogP) is 3.29. The molecule has 3 aromatic rings. The fraction of sp³-hybridized carbons (Fsp3) is 0. The standard InChI is InChI=1S/C15H9N3O/c16-10-13-15(7-3-9-18-13)19-14-6-1-5-12-11(14)4-2-8-17-12/h1-9H. The Balaban J connectivity index is 2.09. The number of benzene rings is 1. The molecule has 0 radical (unpaired) electrons. The van der Waals surface area contributed by atoms with Crippen LogP contribution in [-0.2, 0) is 0 Å². The molecule has 0 amide bonds. The average molecular weight is 247 g/mol. The molecule has 2 aromatic heterocycles. The summed E-state index contributed by atoms with van der Waals surface area (Å²) in [5.41, 5.74) is 1.12. The Labute approximate surface area is 109 Å². The van der Waals surface area contributed by atoms with Gasteiger partial charge in [-0.25, -0.2) is 4.98 Å². The van der Waals surface area contributed by atoms with Crippen LogP contribution in [0.25, 0.3) is 10.9 Å². The third-order valence-corrected chi connectivity index (χ3v) is 2.70. The lowest BCUT2D eigenvalue weighted by molar-refractivity contribution is 0.484. The van der Waals surface area contributed by atoms with Gasteiger partial charge in [-0.1, -0.05) is 6.07 Å². The second-order valence-electron chi connectivity index (χ2n) is 3.89. The van der Waals surface area contributed by atoms with Gasteiger partial charge in [-0.2, -0.15) is 5.26 Å². The van der Waals surface area contributed by atoms with Gasteiger partial charge < -0.3 is 4.74 Å². The van der Waals surface area contributed by atoms with Crippen molar-refractivity contribution in [1.82, 2.24) is 9.97 Å². The summed E-state index contributed by atoms with van der Waals surface area (Å²) in [4.78, 5) is 8.24. The highest BCUT2D eigenvalue weighted by molar-refractivity contribution is 5.85. The van der Waals surface area contributed by atoms with Gasteiger partial charge in [0.05, 0.1) is 5.52 Å². The Morgan fingerprint density at radius 3 is 2.58 bits per heavy atom. The van der Waals surface area contributed by atoms with Gasteiger partial charge in [0.1, 0.15) is 11.8 Å². The van der Waals surface area contributed by atoms with E-state index in [0.717, 1.165) is 10.9 Å². The van der Waals surface area contributed by atoms with Crippen molar-refractivity contribution >= 4 is 10.9 Å². The smallest absolute Gasteiger partial charge is 0.183 e. The molecule has 4 nitrogen and oxygen atoms in total. The van der Waals surface area contributed by atoms with Crippen LogP contribution in [0.15, 0.2) is 54.9 Å². The Morgan fingerprint density at radius 2 is 1.68 bits per heavy atom. The van der Waals surface area contributed by atoms with Gasteiger partial charge in [0.15, 0.2) is 11.4 Å². The minimum Gasteiger partial charge on any atom is -0.454 e. The third-order valence-electron chi connectivity index (χ3n) is 2.70. The molecule has 0 aliphatic carbocycles. The topological polar surface area (TPSA) is 58.8 Å². The Hall–Kier alpha value is -2.93. The van der Waals surface area contributed by atoms with Crippen LogP contribution in [0, 0.1) is 11.3 Å². The average Bonchev–Trinajstić information content (AvgIpc) is 2.48. The first-order chi connectivity index (χ1) is 9.38. The molecule has 0 saturated heterocycles. The van der Waals surface area contributed by atoms with Crippen molar-refractivity contribution in [3.63, 3.8) is 0 Å². The van der Waals surface area contributed by atoms with Gasteiger partial charge >= 0.3 is 0 Å². The van der Waals surface area contributed by atoms with Crippen LogP contribution in [0.3, 0.4) is 0 Å². The van der Waals surface area contributed by atoms with Crippen molar-refractivity contribution < 1.29 is 4.74 Å². The van der Waals surface area contributed by atoms with Crippen molar-refractivity contribution in [2.24, 2.45) is 0 Å². The maximum atomic E-state index is 9.00. The molecule has 0 aliphatic rings. The van der Waals surface area contributed by atoms with Crippen LogP contribution in [0.5, 0.6) is 11.5 Å². The highest BCUT2D eigenvalue weighted by Crippen LogP contribution is 2.29. The number of rotatable bonds is 2. The van der Waals surface area contributed by atoms with Crippen LogP contribution < -0.4 is 4.74 Å². The van der Waals surface area contributed by atoms with E-state index in [4.69, 9.17) is 10.00 Å². The number of hydrogen-bond acceptors (Lipinski definition) is 4. The summed E-state index contributed by atoms with van der Waals surface area (Å²) in [5, 5.41) is 9.91. The highest BCUT2D eigenvalue weighted by atomic mass is 16.5. The van der Waals surface area contributed by atoms with Gasteiger partial charge in [-0.3, -0.25) is 4.98 Å². The SMILES string of the molecule is N#Cc1ncccc1Oc1cccc2ncccc12.